The molecule has 0 spiro atoms. The van der Waals surface area contributed by atoms with Gasteiger partial charge in [-0.05, 0) is 77.0 Å². The summed E-state index contributed by atoms with van der Waals surface area (Å²) in [5.41, 5.74) is 0. The third-order valence-electron chi connectivity index (χ3n) is 11.9. The van der Waals surface area contributed by atoms with E-state index in [9.17, 15) is 19.2 Å². The zero-order valence-electron chi connectivity index (χ0n) is 40.8. The van der Waals surface area contributed by atoms with Gasteiger partial charge in [-0.1, -0.05) is 204 Å². The lowest BCUT2D eigenvalue weighted by atomic mass is 10.0. The Hall–Kier alpha value is -2.94. The number of aliphatic hydroxyl groups is 1. The molecule has 0 aliphatic rings. The van der Waals surface area contributed by atoms with Crippen molar-refractivity contribution in [2.24, 2.45) is 0 Å². The number of hydrogen-bond acceptors (Lipinski definition) is 6. The van der Waals surface area contributed by atoms with Gasteiger partial charge >= 0.3 is 11.9 Å². The number of aliphatic carboxylic acids is 1. The van der Waals surface area contributed by atoms with Crippen molar-refractivity contribution in [2.45, 2.75) is 270 Å². The van der Waals surface area contributed by atoms with E-state index < -0.39 is 24.5 Å². The van der Waals surface area contributed by atoms with Gasteiger partial charge in [0.05, 0.1) is 13.2 Å². The van der Waals surface area contributed by atoms with Crippen LogP contribution in [0.15, 0.2) is 36.5 Å². The molecule has 366 valence electrons. The van der Waals surface area contributed by atoms with Crippen LogP contribution in [-0.4, -0.2) is 59.3 Å². The maximum absolute atomic E-state index is 12.9. The summed E-state index contributed by atoms with van der Waals surface area (Å²) >= 11 is 0. The summed E-state index contributed by atoms with van der Waals surface area (Å²) < 4.78 is 6.07. The molecule has 0 heterocycles. The Balaban J connectivity index is 4.30. The van der Waals surface area contributed by atoms with Gasteiger partial charge in [-0.15, -0.1) is 0 Å². The smallest absolute Gasteiger partial charge is 0.328 e. The molecule has 0 radical (unpaired) electrons. The minimum atomic E-state index is -1.38. The fourth-order valence-electron chi connectivity index (χ4n) is 7.84. The second-order valence-corrected chi connectivity index (χ2v) is 18.0. The highest BCUT2D eigenvalue weighted by molar-refractivity contribution is 5.87. The van der Waals surface area contributed by atoms with Crippen molar-refractivity contribution in [3.8, 4) is 0 Å². The van der Waals surface area contributed by atoms with Crippen LogP contribution in [0, 0.1) is 0 Å². The first-order valence-corrected chi connectivity index (χ1v) is 26.4. The molecule has 63 heavy (non-hydrogen) atoms. The van der Waals surface area contributed by atoms with E-state index in [0.717, 1.165) is 77.0 Å². The predicted octanol–water partition coefficient (Wildman–Crippen LogP) is 14.1. The van der Waals surface area contributed by atoms with Crippen molar-refractivity contribution >= 4 is 23.8 Å². The number of carbonyl (C=O) groups excluding carboxylic acids is 3. The van der Waals surface area contributed by atoms with Gasteiger partial charge in [0.2, 0.25) is 11.8 Å². The lowest BCUT2D eigenvalue weighted by molar-refractivity contribution is -0.150. The molecule has 0 rings (SSSR count). The summed E-state index contributed by atoms with van der Waals surface area (Å²) in [4.78, 5) is 47.8. The van der Waals surface area contributed by atoms with E-state index in [0.29, 0.717) is 19.3 Å². The van der Waals surface area contributed by atoms with Gasteiger partial charge in [0.25, 0.3) is 0 Å². The Morgan fingerprint density at radius 2 is 0.857 bits per heavy atom. The molecular formula is C54H98N2O7. The SMILES string of the molecule is CCCCCCC/C=C\C/C=C\C/C=C\CCCCCCCCC(=O)OC(CCCCCCCCCCCCCCCC)CCCCCCCC(=O)NCC(=O)NC(CO)C(=O)O. The van der Waals surface area contributed by atoms with Crippen molar-refractivity contribution in [3.05, 3.63) is 36.5 Å². The van der Waals surface area contributed by atoms with Crippen molar-refractivity contribution in [2.75, 3.05) is 13.2 Å². The van der Waals surface area contributed by atoms with Crippen LogP contribution >= 0.6 is 0 Å². The van der Waals surface area contributed by atoms with Gasteiger partial charge in [0, 0.05) is 12.8 Å². The molecule has 0 saturated heterocycles. The molecule has 9 heteroatoms. The van der Waals surface area contributed by atoms with Crippen LogP contribution in [0.4, 0.5) is 0 Å². The van der Waals surface area contributed by atoms with Gasteiger partial charge in [0.1, 0.15) is 12.1 Å². The van der Waals surface area contributed by atoms with E-state index in [2.05, 4.69) is 60.9 Å². The van der Waals surface area contributed by atoms with E-state index in [1.54, 1.807) is 0 Å². The standard InChI is InChI=1S/C54H98N2O7/c1-3-5-7-9-11-13-15-17-19-20-21-22-23-24-25-27-29-31-33-38-42-46-53(60)63-49(43-39-35-32-30-28-26-18-16-14-12-10-8-6-4-2)44-40-36-34-37-41-45-51(58)55-47-52(59)56-50(48-57)54(61)62/h15,17,20-21,23-24,49-50,57H,3-14,16,18-19,22,25-48H2,1-2H3,(H,55,58)(H,56,59)(H,61,62)/b17-15-,21-20-,24-23-. The number of carbonyl (C=O) groups is 4. The highest BCUT2D eigenvalue weighted by Crippen LogP contribution is 2.19. The Labute approximate surface area is 386 Å². The van der Waals surface area contributed by atoms with Crippen LogP contribution in [0.2, 0.25) is 0 Å². The topological polar surface area (TPSA) is 142 Å². The Morgan fingerprint density at radius 3 is 1.29 bits per heavy atom. The average Bonchev–Trinajstić information content (AvgIpc) is 3.27. The Kier molecular flexibility index (Phi) is 46.3. The maximum atomic E-state index is 12.9. The number of nitrogens with one attached hydrogen (secondary N) is 2. The van der Waals surface area contributed by atoms with Gasteiger partial charge in [0.15, 0.2) is 0 Å². The molecule has 0 aromatic carbocycles. The van der Waals surface area contributed by atoms with Crippen LogP contribution in [0.25, 0.3) is 0 Å². The highest BCUT2D eigenvalue weighted by atomic mass is 16.5. The third kappa shape index (κ3) is 45.4. The minimum absolute atomic E-state index is 0.0198. The number of aliphatic hydroxyl groups excluding tert-OH is 1. The number of ether oxygens (including phenoxy) is 1. The molecule has 2 unspecified atom stereocenters. The molecule has 0 aliphatic carbocycles. The molecule has 4 N–H and O–H groups in total. The summed E-state index contributed by atoms with van der Waals surface area (Å²) in [5.74, 6) is -2.29. The van der Waals surface area contributed by atoms with E-state index in [1.807, 2.05) is 0 Å². The first kappa shape index (κ1) is 60.1. The molecule has 0 aromatic heterocycles. The summed E-state index contributed by atoms with van der Waals surface area (Å²) in [6.07, 6.45) is 57.5. The first-order valence-electron chi connectivity index (χ1n) is 26.4. The van der Waals surface area contributed by atoms with Crippen molar-refractivity contribution in [1.82, 2.24) is 10.6 Å². The number of unbranched alkanes of at least 4 members (excludes halogenated alkanes) is 28. The second kappa shape index (κ2) is 48.5. The fraction of sp³-hybridized carbons (Fsp3) is 0.815. The molecule has 0 aliphatic heterocycles. The van der Waals surface area contributed by atoms with Gasteiger partial charge in [-0.2, -0.15) is 0 Å². The third-order valence-corrected chi connectivity index (χ3v) is 11.9. The molecule has 0 bridgehead atoms. The predicted molar refractivity (Wildman–Crippen MR) is 264 cm³/mol. The number of amides is 2. The van der Waals surface area contributed by atoms with Crippen LogP contribution in [0.3, 0.4) is 0 Å². The van der Waals surface area contributed by atoms with E-state index in [4.69, 9.17) is 14.9 Å². The van der Waals surface area contributed by atoms with E-state index >= 15 is 0 Å². The second-order valence-electron chi connectivity index (χ2n) is 18.0. The monoisotopic (exact) mass is 887 g/mol. The van der Waals surface area contributed by atoms with Crippen molar-refractivity contribution < 1.29 is 34.1 Å². The zero-order valence-corrected chi connectivity index (χ0v) is 40.8. The van der Waals surface area contributed by atoms with Crippen LogP contribution < -0.4 is 10.6 Å². The zero-order chi connectivity index (χ0) is 46.1. The first-order chi connectivity index (χ1) is 30.8. The largest absolute Gasteiger partial charge is 0.480 e. The maximum Gasteiger partial charge on any atom is 0.328 e. The number of rotatable bonds is 48. The van der Waals surface area contributed by atoms with Gasteiger partial charge in [-0.3, -0.25) is 14.4 Å². The normalized spacial score (nSPS) is 12.7. The van der Waals surface area contributed by atoms with Crippen molar-refractivity contribution in [3.63, 3.8) is 0 Å². The molecule has 0 saturated carbocycles. The van der Waals surface area contributed by atoms with E-state index in [-0.39, 0.29) is 24.5 Å². The van der Waals surface area contributed by atoms with Gasteiger partial charge in [-0.25, -0.2) is 4.79 Å². The lowest BCUT2D eigenvalue weighted by Gasteiger charge is -2.18. The quantitative estimate of drug-likeness (QED) is 0.0271. The van der Waals surface area contributed by atoms with E-state index in [1.165, 1.54) is 148 Å². The summed E-state index contributed by atoms with van der Waals surface area (Å²) in [6, 6.07) is -1.38. The van der Waals surface area contributed by atoms with Crippen LogP contribution in [-0.2, 0) is 23.9 Å². The summed E-state index contributed by atoms with van der Waals surface area (Å²) in [7, 11) is 0. The minimum Gasteiger partial charge on any atom is -0.480 e. The number of allylic oxidation sites excluding steroid dienone is 6. The summed E-state index contributed by atoms with van der Waals surface area (Å²) in [6.45, 7) is 3.50. The number of hydrogen-bond donors (Lipinski definition) is 4. The molecule has 0 fully saturated rings. The summed E-state index contributed by atoms with van der Waals surface area (Å²) in [5, 5.41) is 22.6. The molecule has 2 atom stereocenters. The fourth-order valence-corrected chi connectivity index (χ4v) is 7.84. The Morgan fingerprint density at radius 1 is 0.476 bits per heavy atom. The van der Waals surface area contributed by atoms with Crippen molar-refractivity contribution in [1.29, 1.82) is 0 Å². The molecule has 2 amide bonds. The van der Waals surface area contributed by atoms with Gasteiger partial charge < -0.3 is 25.6 Å². The molecule has 0 aromatic rings. The average molecular weight is 887 g/mol. The number of esters is 1. The molecule has 9 nitrogen and oxygen atoms in total. The van der Waals surface area contributed by atoms with Crippen LogP contribution in [0.1, 0.15) is 258 Å². The lowest BCUT2D eigenvalue weighted by Crippen LogP contribution is -2.47. The highest BCUT2D eigenvalue weighted by Gasteiger charge is 2.19. The number of carboxylic acids is 1. The number of carboxylic acid groups (broad SMARTS) is 1. The Bertz CT molecular complexity index is 1150. The van der Waals surface area contributed by atoms with Crippen LogP contribution in [0.5, 0.6) is 0 Å². The molecular weight excluding hydrogens is 789 g/mol.